The third kappa shape index (κ3) is 3.23. The van der Waals surface area contributed by atoms with Crippen molar-refractivity contribution in [3.8, 4) is 6.01 Å². The Morgan fingerprint density at radius 2 is 2.10 bits per heavy atom. The number of methoxy groups -OCH3 is 1. The quantitative estimate of drug-likeness (QED) is 0.465. The molecule has 1 aromatic rings. The summed E-state index contributed by atoms with van der Waals surface area (Å²) in [6.45, 7) is 0.0574. The maximum atomic E-state index is 11.3. The average Bonchev–Trinajstić information content (AvgIpc) is 2.97. The molecule has 0 atom stereocenters. The van der Waals surface area contributed by atoms with Crippen molar-refractivity contribution in [2.24, 2.45) is 11.6 Å². The first-order valence-corrected chi connectivity index (χ1v) is 6.45. The van der Waals surface area contributed by atoms with Crippen LogP contribution in [0.1, 0.15) is 25.7 Å². The molecule has 0 unspecified atom stereocenters. The molecule has 9 nitrogen and oxygen atoms in total. The van der Waals surface area contributed by atoms with Crippen LogP contribution in [0.15, 0.2) is 0 Å². The molecule has 0 spiro atoms. The Hall–Kier alpha value is -2.16. The van der Waals surface area contributed by atoms with E-state index in [1.165, 1.54) is 7.11 Å². The standard InChI is InChI=1S/C11H19N7O2/c1-20-11-15-9(17-13)14-10(16-11)18(6-8(12)19)7-4-2-3-5-7/h7H,2-6,13H2,1H3,(H2,12,19)(H,14,15,16,17). The van der Waals surface area contributed by atoms with Gasteiger partial charge in [-0.15, -0.1) is 0 Å². The number of rotatable bonds is 6. The van der Waals surface area contributed by atoms with E-state index in [1.54, 1.807) is 4.90 Å². The molecule has 1 aliphatic rings. The van der Waals surface area contributed by atoms with Crippen LogP contribution in [0, 0.1) is 0 Å². The third-order valence-electron chi connectivity index (χ3n) is 3.26. The number of nitrogens with zero attached hydrogens (tertiary/aromatic N) is 4. The van der Waals surface area contributed by atoms with E-state index in [9.17, 15) is 4.79 Å². The molecule has 1 saturated carbocycles. The van der Waals surface area contributed by atoms with E-state index < -0.39 is 5.91 Å². The van der Waals surface area contributed by atoms with Gasteiger partial charge in [-0.1, -0.05) is 12.8 Å². The summed E-state index contributed by atoms with van der Waals surface area (Å²) >= 11 is 0. The number of carbonyl (C=O) groups excluding carboxylic acids is 1. The molecule has 110 valence electrons. The van der Waals surface area contributed by atoms with Crippen molar-refractivity contribution in [2.75, 3.05) is 24.0 Å². The predicted octanol–water partition coefficient (Wildman–Crippen LogP) is -0.600. The lowest BCUT2D eigenvalue weighted by atomic mass is 10.2. The molecule has 2 rings (SSSR count). The number of nitrogen functional groups attached to an aromatic ring is 1. The van der Waals surface area contributed by atoms with Crippen LogP contribution in [0.4, 0.5) is 11.9 Å². The maximum absolute atomic E-state index is 11.3. The molecular formula is C11H19N7O2. The Bertz CT molecular complexity index is 454. The lowest BCUT2D eigenvalue weighted by Crippen LogP contribution is -2.41. The summed E-state index contributed by atoms with van der Waals surface area (Å²) in [7, 11) is 1.45. The minimum atomic E-state index is -0.432. The van der Waals surface area contributed by atoms with Gasteiger partial charge < -0.3 is 15.4 Å². The number of nitrogens with two attached hydrogens (primary N) is 2. The number of hydrogen-bond acceptors (Lipinski definition) is 8. The van der Waals surface area contributed by atoms with Crippen LogP contribution in [-0.4, -0.2) is 40.6 Å². The number of hydrazine groups is 1. The van der Waals surface area contributed by atoms with E-state index in [0.717, 1.165) is 25.7 Å². The summed E-state index contributed by atoms with van der Waals surface area (Å²) in [5, 5.41) is 0. The zero-order chi connectivity index (χ0) is 14.5. The molecule has 1 aromatic heterocycles. The molecule has 0 saturated heterocycles. The zero-order valence-electron chi connectivity index (χ0n) is 11.4. The summed E-state index contributed by atoms with van der Waals surface area (Å²) in [5.74, 6) is 5.42. The van der Waals surface area contributed by atoms with E-state index in [1.807, 2.05) is 0 Å². The molecule has 1 aliphatic carbocycles. The Balaban J connectivity index is 2.33. The van der Waals surface area contributed by atoms with Crippen molar-refractivity contribution in [1.82, 2.24) is 15.0 Å². The molecule has 0 aliphatic heterocycles. The van der Waals surface area contributed by atoms with Gasteiger partial charge in [-0.25, -0.2) is 5.84 Å². The number of primary amides is 1. The van der Waals surface area contributed by atoms with Crippen LogP contribution in [0.2, 0.25) is 0 Å². The third-order valence-corrected chi connectivity index (χ3v) is 3.26. The van der Waals surface area contributed by atoms with Gasteiger partial charge in [0, 0.05) is 6.04 Å². The van der Waals surface area contributed by atoms with Crippen LogP contribution in [0.5, 0.6) is 6.01 Å². The van der Waals surface area contributed by atoms with Crippen LogP contribution < -0.4 is 26.6 Å². The van der Waals surface area contributed by atoms with Crippen molar-refractivity contribution < 1.29 is 9.53 Å². The molecule has 9 heteroatoms. The summed E-state index contributed by atoms with van der Waals surface area (Å²) in [6, 6.07) is 0.329. The van der Waals surface area contributed by atoms with Crippen LogP contribution in [0.25, 0.3) is 0 Å². The number of aromatic nitrogens is 3. The van der Waals surface area contributed by atoms with Crippen molar-refractivity contribution in [3.05, 3.63) is 0 Å². The number of anilines is 2. The Morgan fingerprint density at radius 1 is 1.40 bits per heavy atom. The van der Waals surface area contributed by atoms with Crippen LogP contribution in [-0.2, 0) is 4.79 Å². The van der Waals surface area contributed by atoms with Crippen molar-refractivity contribution >= 4 is 17.8 Å². The predicted molar refractivity (Wildman–Crippen MR) is 73.0 cm³/mol. The fourth-order valence-corrected chi connectivity index (χ4v) is 2.38. The molecule has 1 heterocycles. The summed E-state index contributed by atoms with van der Waals surface area (Å²) in [5.41, 5.74) is 7.67. The Labute approximate surface area is 116 Å². The normalized spacial score (nSPS) is 15.1. The van der Waals surface area contributed by atoms with E-state index in [2.05, 4.69) is 20.4 Å². The molecule has 0 radical (unpaired) electrons. The largest absolute Gasteiger partial charge is 0.467 e. The second-order valence-corrected chi connectivity index (χ2v) is 4.62. The number of ether oxygens (including phenoxy) is 1. The van der Waals surface area contributed by atoms with E-state index in [4.69, 9.17) is 16.3 Å². The van der Waals surface area contributed by atoms with Gasteiger partial charge in [0.1, 0.15) is 0 Å². The van der Waals surface area contributed by atoms with Gasteiger partial charge >= 0.3 is 6.01 Å². The summed E-state index contributed by atoms with van der Waals surface area (Å²) < 4.78 is 5.01. The van der Waals surface area contributed by atoms with Crippen LogP contribution >= 0.6 is 0 Å². The van der Waals surface area contributed by atoms with Crippen molar-refractivity contribution in [2.45, 2.75) is 31.7 Å². The molecule has 1 fully saturated rings. The minimum absolute atomic E-state index is 0.0574. The monoisotopic (exact) mass is 281 g/mol. The first-order valence-electron chi connectivity index (χ1n) is 6.45. The Kier molecular flexibility index (Phi) is 4.51. The highest BCUT2D eigenvalue weighted by Gasteiger charge is 2.27. The zero-order valence-corrected chi connectivity index (χ0v) is 11.4. The van der Waals surface area contributed by atoms with Gasteiger partial charge in [-0.3, -0.25) is 10.2 Å². The average molecular weight is 281 g/mol. The van der Waals surface area contributed by atoms with Gasteiger partial charge in [0.25, 0.3) is 0 Å². The van der Waals surface area contributed by atoms with Gasteiger partial charge in [-0.2, -0.15) is 15.0 Å². The SMILES string of the molecule is COc1nc(NN)nc(N(CC(N)=O)C2CCCC2)n1. The highest BCUT2D eigenvalue weighted by molar-refractivity contribution is 5.79. The number of hydrogen-bond donors (Lipinski definition) is 3. The second kappa shape index (κ2) is 6.33. The van der Waals surface area contributed by atoms with Gasteiger partial charge in [0.15, 0.2) is 0 Å². The molecule has 1 amide bonds. The lowest BCUT2D eigenvalue weighted by Gasteiger charge is -2.27. The first kappa shape index (κ1) is 14.3. The topological polar surface area (TPSA) is 132 Å². The number of carbonyl (C=O) groups is 1. The van der Waals surface area contributed by atoms with Gasteiger partial charge in [0.05, 0.1) is 13.7 Å². The first-order chi connectivity index (χ1) is 9.63. The summed E-state index contributed by atoms with van der Waals surface area (Å²) in [6.07, 6.45) is 4.19. The Morgan fingerprint density at radius 3 is 2.65 bits per heavy atom. The number of nitrogens with one attached hydrogen (secondary N) is 1. The van der Waals surface area contributed by atoms with E-state index in [0.29, 0.717) is 5.95 Å². The fourth-order valence-electron chi connectivity index (χ4n) is 2.38. The van der Waals surface area contributed by atoms with Gasteiger partial charge in [0.2, 0.25) is 17.8 Å². The molecule has 0 bridgehead atoms. The van der Waals surface area contributed by atoms with E-state index >= 15 is 0 Å². The molecule has 20 heavy (non-hydrogen) atoms. The highest BCUT2D eigenvalue weighted by Crippen LogP contribution is 2.27. The maximum Gasteiger partial charge on any atom is 0.322 e. The number of amides is 1. The fraction of sp³-hybridized carbons (Fsp3) is 0.636. The smallest absolute Gasteiger partial charge is 0.322 e. The van der Waals surface area contributed by atoms with Crippen molar-refractivity contribution in [3.63, 3.8) is 0 Å². The highest BCUT2D eigenvalue weighted by atomic mass is 16.5. The van der Waals surface area contributed by atoms with Gasteiger partial charge in [-0.05, 0) is 12.8 Å². The molecule has 5 N–H and O–H groups in total. The van der Waals surface area contributed by atoms with Crippen molar-refractivity contribution in [1.29, 1.82) is 0 Å². The molecule has 0 aromatic carbocycles. The van der Waals surface area contributed by atoms with Crippen LogP contribution in [0.3, 0.4) is 0 Å². The minimum Gasteiger partial charge on any atom is -0.467 e. The van der Waals surface area contributed by atoms with E-state index in [-0.39, 0.29) is 24.5 Å². The molecular weight excluding hydrogens is 262 g/mol. The lowest BCUT2D eigenvalue weighted by molar-refractivity contribution is -0.116. The second-order valence-electron chi connectivity index (χ2n) is 4.62. The summed E-state index contributed by atoms with van der Waals surface area (Å²) in [4.78, 5) is 25.4.